The van der Waals surface area contributed by atoms with Crippen molar-refractivity contribution in [1.29, 1.82) is 0 Å². The van der Waals surface area contributed by atoms with Gasteiger partial charge in [0, 0.05) is 6.20 Å². The monoisotopic (exact) mass is 97.1 g/mol. The zero-order valence-electron chi connectivity index (χ0n) is 4.94. The Morgan fingerprint density at radius 3 is 2.57 bits per heavy atom. The summed E-state index contributed by atoms with van der Waals surface area (Å²) < 4.78 is 0. The van der Waals surface area contributed by atoms with Crippen LogP contribution in [0.2, 0.25) is 0 Å². The van der Waals surface area contributed by atoms with E-state index in [1.807, 2.05) is 6.92 Å². The van der Waals surface area contributed by atoms with Crippen molar-refractivity contribution in [2.24, 2.45) is 4.99 Å². The molecule has 1 nitrogen and oxygen atoms in total. The SMILES string of the molecule is C=N/C=C(/C)CC. The lowest BCUT2D eigenvalue weighted by Gasteiger charge is -1.85. The van der Waals surface area contributed by atoms with Crippen molar-refractivity contribution in [1.82, 2.24) is 0 Å². The second kappa shape index (κ2) is 3.59. The Kier molecular flexibility index (Phi) is 3.29. The van der Waals surface area contributed by atoms with Gasteiger partial charge in [0.05, 0.1) is 0 Å². The van der Waals surface area contributed by atoms with E-state index in [1.54, 1.807) is 6.20 Å². The minimum absolute atomic E-state index is 1.07. The number of hydrogen-bond donors (Lipinski definition) is 0. The van der Waals surface area contributed by atoms with E-state index in [-0.39, 0.29) is 0 Å². The number of allylic oxidation sites excluding steroid dienone is 1. The number of aliphatic imine (C=N–C) groups is 1. The van der Waals surface area contributed by atoms with Crippen molar-refractivity contribution in [3.8, 4) is 0 Å². The highest BCUT2D eigenvalue weighted by molar-refractivity contribution is 5.26. The summed E-state index contributed by atoms with van der Waals surface area (Å²) in [7, 11) is 0. The van der Waals surface area contributed by atoms with Crippen LogP contribution in [-0.4, -0.2) is 6.72 Å². The van der Waals surface area contributed by atoms with Crippen LogP contribution in [0, 0.1) is 0 Å². The van der Waals surface area contributed by atoms with Gasteiger partial charge in [-0.05, 0) is 20.1 Å². The van der Waals surface area contributed by atoms with E-state index in [1.165, 1.54) is 5.57 Å². The standard InChI is InChI=1S/C6H11N/c1-4-6(2)5-7-3/h5H,3-4H2,1-2H3/b6-5-. The van der Waals surface area contributed by atoms with Gasteiger partial charge in [-0.1, -0.05) is 12.5 Å². The van der Waals surface area contributed by atoms with Crippen LogP contribution in [0.15, 0.2) is 16.8 Å². The van der Waals surface area contributed by atoms with Gasteiger partial charge in [0.2, 0.25) is 0 Å². The highest BCUT2D eigenvalue weighted by atomic mass is 14.6. The molecule has 0 aliphatic carbocycles. The van der Waals surface area contributed by atoms with Crippen molar-refractivity contribution in [3.63, 3.8) is 0 Å². The molecule has 0 N–H and O–H groups in total. The van der Waals surface area contributed by atoms with Crippen molar-refractivity contribution in [2.45, 2.75) is 20.3 Å². The highest BCUT2D eigenvalue weighted by Gasteiger charge is 1.75. The van der Waals surface area contributed by atoms with Gasteiger partial charge in [0.25, 0.3) is 0 Å². The molecule has 0 fully saturated rings. The maximum absolute atomic E-state index is 3.59. The van der Waals surface area contributed by atoms with E-state index in [2.05, 4.69) is 18.6 Å². The molecule has 0 unspecified atom stereocenters. The zero-order valence-corrected chi connectivity index (χ0v) is 4.94. The van der Waals surface area contributed by atoms with Crippen LogP contribution in [0.3, 0.4) is 0 Å². The summed E-state index contributed by atoms with van der Waals surface area (Å²) in [5.41, 5.74) is 1.27. The van der Waals surface area contributed by atoms with Gasteiger partial charge in [-0.15, -0.1) is 0 Å². The maximum Gasteiger partial charge on any atom is 0.0249 e. The van der Waals surface area contributed by atoms with Crippen molar-refractivity contribution in [2.75, 3.05) is 0 Å². The lowest BCUT2D eigenvalue weighted by Crippen LogP contribution is -1.65. The minimum Gasteiger partial charge on any atom is -0.273 e. The maximum atomic E-state index is 3.59. The molecule has 0 radical (unpaired) electrons. The summed E-state index contributed by atoms with van der Waals surface area (Å²) in [4.78, 5) is 3.59. The Bertz CT molecular complexity index is 82.2. The molecule has 0 saturated carbocycles. The molecule has 0 atom stereocenters. The van der Waals surface area contributed by atoms with Gasteiger partial charge < -0.3 is 0 Å². The second-order valence-corrected chi connectivity index (χ2v) is 1.51. The molecule has 0 spiro atoms. The molecule has 7 heavy (non-hydrogen) atoms. The molecule has 0 amide bonds. The largest absolute Gasteiger partial charge is 0.273 e. The second-order valence-electron chi connectivity index (χ2n) is 1.51. The lowest BCUT2D eigenvalue weighted by atomic mass is 10.3. The molecule has 0 aromatic carbocycles. The predicted molar refractivity (Wildman–Crippen MR) is 33.6 cm³/mol. The summed E-state index contributed by atoms with van der Waals surface area (Å²) >= 11 is 0. The van der Waals surface area contributed by atoms with Gasteiger partial charge in [-0.2, -0.15) is 0 Å². The van der Waals surface area contributed by atoms with Crippen LogP contribution in [0.5, 0.6) is 0 Å². The normalized spacial score (nSPS) is 11.4. The summed E-state index contributed by atoms with van der Waals surface area (Å²) in [6.45, 7) is 7.45. The van der Waals surface area contributed by atoms with E-state index in [9.17, 15) is 0 Å². The first-order chi connectivity index (χ1) is 3.31. The Labute approximate surface area is 44.8 Å². The van der Waals surface area contributed by atoms with Gasteiger partial charge in [-0.3, -0.25) is 4.99 Å². The quantitative estimate of drug-likeness (QED) is 0.467. The minimum atomic E-state index is 1.07. The number of rotatable bonds is 2. The Balaban J connectivity index is 3.49. The van der Waals surface area contributed by atoms with Gasteiger partial charge in [0.1, 0.15) is 0 Å². The lowest BCUT2D eigenvalue weighted by molar-refractivity contribution is 1.09. The van der Waals surface area contributed by atoms with Crippen molar-refractivity contribution >= 4 is 6.72 Å². The third kappa shape index (κ3) is 3.23. The summed E-state index contributed by atoms with van der Waals surface area (Å²) in [6.07, 6.45) is 2.85. The van der Waals surface area contributed by atoms with Crippen LogP contribution in [0.4, 0.5) is 0 Å². The van der Waals surface area contributed by atoms with E-state index >= 15 is 0 Å². The van der Waals surface area contributed by atoms with Crippen LogP contribution < -0.4 is 0 Å². The third-order valence-corrected chi connectivity index (χ3v) is 0.869. The van der Waals surface area contributed by atoms with Crippen LogP contribution >= 0.6 is 0 Å². The molecular formula is C6H11N. The molecule has 0 rings (SSSR count). The van der Waals surface area contributed by atoms with E-state index in [0.29, 0.717) is 0 Å². The average Bonchev–Trinajstić information content (AvgIpc) is 1.68. The average molecular weight is 97.2 g/mol. The Morgan fingerprint density at radius 2 is 2.43 bits per heavy atom. The number of hydrogen-bond acceptors (Lipinski definition) is 1. The first kappa shape index (κ1) is 6.41. The smallest absolute Gasteiger partial charge is 0.0249 e. The van der Waals surface area contributed by atoms with E-state index in [0.717, 1.165) is 6.42 Å². The Hall–Kier alpha value is -0.590. The summed E-state index contributed by atoms with van der Waals surface area (Å²) in [5.74, 6) is 0. The molecule has 40 valence electrons. The molecule has 0 bridgehead atoms. The van der Waals surface area contributed by atoms with Crippen LogP contribution in [-0.2, 0) is 0 Å². The molecule has 0 aliphatic heterocycles. The van der Waals surface area contributed by atoms with Crippen molar-refractivity contribution < 1.29 is 0 Å². The van der Waals surface area contributed by atoms with Gasteiger partial charge in [-0.25, -0.2) is 0 Å². The molecule has 0 aromatic rings. The van der Waals surface area contributed by atoms with Crippen molar-refractivity contribution in [3.05, 3.63) is 11.8 Å². The summed E-state index contributed by atoms with van der Waals surface area (Å²) in [5, 5.41) is 0. The molecular weight excluding hydrogens is 86.1 g/mol. The topological polar surface area (TPSA) is 12.4 Å². The predicted octanol–water partition coefficient (Wildman–Crippen LogP) is 2.00. The fourth-order valence-corrected chi connectivity index (χ4v) is 0.247. The molecule has 0 aromatic heterocycles. The molecule has 0 heterocycles. The fourth-order valence-electron chi connectivity index (χ4n) is 0.247. The van der Waals surface area contributed by atoms with Crippen LogP contribution in [0.1, 0.15) is 20.3 Å². The van der Waals surface area contributed by atoms with Crippen LogP contribution in [0.25, 0.3) is 0 Å². The first-order valence-corrected chi connectivity index (χ1v) is 2.42. The van der Waals surface area contributed by atoms with E-state index in [4.69, 9.17) is 0 Å². The molecule has 0 aliphatic rings. The fraction of sp³-hybridized carbons (Fsp3) is 0.500. The van der Waals surface area contributed by atoms with E-state index < -0.39 is 0 Å². The zero-order chi connectivity index (χ0) is 5.70. The highest BCUT2D eigenvalue weighted by Crippen LogP contribution is 1.95. The molecule has 1 heteroatoms. The first-order valence-electron chi connectivity index (χ1n) is 2.42. The van der Waals surface area contributed by atoms with Gasteiger partial charge in [0.15, 0.2) is 0 Å². The Morgan fingerprint density at radius 1 is 1.86 bits per heavy atom. The summed E-state index contributed by atoms with van der Waals surface area (Å²) in [6, 6.07) is 0. The molecule has 0 saturated heterocycles. The number of nitrogens with zero attached hydrogens (tertiary/aromatic N) is 1. The van der Waals surface area contributed by atoms with Gasteiger partial charge >= 0.3 is 0 Å². The third-order valence-electron chi connectivity index (χ3n) is 0.869.